The van der Waals surface area contributed by atoms with Gasteiger partial charge in [-0.25, -0.2) is 8.42 Å². The van der Waals surface area contributed by atoms with Crippen molar-refractivity contribution >= 4 is 21.5 Å². The van der Waals surface area contributed by atoms with Gasteiger partial charge in [-0.05, 0) is 24.3 Å². The summed E-state index contributed by atoms with van der Waals surface area (Å²) in [5.74, 6) is -0.916. The highest BCUT2D eigenvalue weighted by Gasteiger charge is 2.14. The van der Waals surface area contributed by atoms with Crippen molar-refractivity contribution in [3.05, 3.63) is 24.3 Å². The minimum absolute atomic E-state index is 0.0366. The highest BCUT2D eigenvalue weighted by Crippen LogP contribution is 2.18. The molecule has 20 heavy (non-hydrogen) atoms. The zero-order chi connectivity index (χ0) is 15.2. The fraction of sp³-hybridized carbons (Fsp3) is 0.462. The molecule has 0 saturated heterocycles. The van der Waals surface area contributed by atoms with Gasteiger partial charge in [0.15, 0.2) is 9.84 Å². The molecule has 7 heteroatoms. The van der Waals surface area contributed by atoms with Crippen LogP contribution in [-0.2, 0) is 19.4 Å². The monoisotopic (exact) mass is 301 g/mol. The minimum atomic E-state index is -3.24. The molecule has 0 aliphatic heterocycles. The Balaban J connectivity index is 2.95. The molecular weight excluding hydrogens is 282 g/mol. The number of hydrogen-bond donors (Lipinski definition) is 1. The summed E-state index contributed by atoms with van der Waals surface area (Å²) in [7, 11) is -1.70. The number of aliphatic carboxylic acids is 1. The first-order valence-electron chi connectivity index (χ1n) is 6.19. The Morgan fingerprint density at radius 2 is 1.90 bits per heavy atom. The predicted octanol–water partition coefficient (Wildman–Crippen LogP) is 1.02. The lowest BCUT2D eigenvalue weighted by Crippen LogP contribution is -2.32. The van der Waals surface area contributed by atoms with Gasteiger partial charge in [0, 0.05) is 19.3 Å². The summed E-state index contributed by atoms with van der Waals surface area (Å²) in [6.45, 7) is 2.23. The van der Waals surface area contributed by atoms with Gasteiger partial charge in [0.25, 0.3) is 0 Å². The van der Waals surface area contributed by atoms with Crippen molar-refractivity contribution in [3.63, 3.8) is 0 Å². The molecule has 0 radical (unpaired) electrons. The first kappa shape index (κ1) is 16.5. The second-order valence-corrected chi connectivity index (χ2v) is 6.48. The summed E-state index contributed by atoms with van der Waals surface area (Å²) in [6.07, 6.45) is 0. The first-order chi connectivity index (χ1) is 9.40. The molecule has 0 bridgehead atoms. The van der Waals surface area contributed by atoms with Crippen LogP contribution in [-0.4, -0.2) is 52.1 Å². The number of rotatable bonds is 8. The molecule has 0 heterocycles. The molecule has 0 amide bonds. The summed E-state index contributed by atoms with van der Waals surface area (Å²) >= 11 is 0. The SMILES string of the molecule is CCS(=O)(=O)c1ccc(N(CCOC)CC(=O)O)cc1. The van der Waals surface area contributed by atoms with Crippen molar-refractivity contribution < 1.29 is 23.1 Å². The number of anilines is 1. The van der Waals surface area contributed by atoms with Crippen LogP contribution in [0.3, 0.4) is 0 Å². The van der Waals surface area contributed by atoms with E-state index in [1.165, 1.54) is 19.2 Å². The van der Waals surface area contributed by atoms with E-state index in [-0.39, 0.29) is 17.2 Å². The standard InChI is InChI=1S/C13H19NO5S/c1-3-20(17,18)12-6-4-11(5-7-12)14(8-9-19-2)10-13(15)16/h4-7H,3,8-10H2,1-2H3,(H,15,16). The van der Waals surface area contributed by atoms with E-state index in [4.69, 9.17) is 9.84 Å². The summed E-state index contributed by atoms with van der Waals surface area (Å²) in [5, 5.41) is 8.89. The number of carboxylic acids is 1. The van der Waals surface area contributed by atoms with E-state index < -0.39 is 15.8 Å². The molecule has 0 aliphatic carbocycles. The fourth-order valence-electron chi connectivity index (χ4n) is 1.70. The fourth-order valence-corrected chi connectivity index (χ4v) is 2.58. The minimum Gasteiger partial charge on any atom is -0.480 e. The topological polar surface area (TPSA) is 83.9 Å². The molecular formula is C13H19NO5S. The molecule has 0 fully saturated rings. The van der Waals surface area contributed by atoms with Crippen LogP contribution < -0.4 is 4.90 Å². The quantitative estimate of drug-likeness (QED) is 0.771. The van der Waals surface area contributed by atoms with E-state index in [9.17, 15) is 13.2 Å². The van der Waals surface area contributed by atoms with Crippen LogP contribution in [0.2, 0.25) is 0 Å². The van der Waals surface area contributed by atoms with Crippen LogP contribution in [0.5, 0.6) is 0 Å². The maximum absolute atomic E-state index is 11.7. The number of ether oxygens (including phenoxy) is 1. The lowest BCUT2D eigenvalue weighted by atomic mass is 10.3. The number of methoxy groups -OCH3 is 1. The smallest absolute Gasteiger partial charge is 0.323 e. The van der Waals surface area contributed by atoms with Crippen LogP contribution in [0.15, 0.2) is 29.2 Å². The number of carboxylic acid groups (broad SMARTS) is 1. The van der Waals surface area contributed by atoms with E-state index in [0.717, 1.165) is 0 Å². The number of sulfone groups is 1. The molecule has 1 rings (SSSR count). The van der Waals surface area contributed by atoms with Gasteiger partial charge in [-0.3, -0.25) is 4.79 Å². The molecule has 0 atom stereocenters. The van der Waals surface area contributed by atoms with Crippen LogP contribution in [0, 0.1) is 0 Å². The molecule has 0 aromatic heterocycles. The van der Waals surface area contributed by atoms with E-state index in [1.807, 2.05) is 0 Å². The van der Waals surface area contributed by atoms with Gasteiger partial charge < -0.3 is 14.7 Å². The molecule has 0 aliphatic rings. The molecule has 6 nitrogen and oxygen atoms in total. The molecule has 0 unspecified atom stereocenters. The normalized spacial score (nSPS) is 11.3. The Kier molecular flexibility index (Phi) is 5.97. The Labute approximate surface area is 118 Å². The van der Waals surface area contributed by atoms with Crippen molar-refractivity contribution in [1.29, 1.82) is 0 Å². The molecule has 1 N–H and O–H groups in total. The molecule has 1 aromatic carbocycles. The molecule has 0 saturated carbocycles. The number of carbonyl (C=O) groups is 1. The van der Waals surface area contributed by atoms with Crippen molar-refractivity contribution in [3.8, 4) is 0 Å². The van der Waals surface area contributed by atoms with Crippen molar-refractivity contribution in [2.75, 3.05) is 37.5 Å². The number of hydrogen-bond acceptors (Lipinski definition) is 5. The van der Waals surface area contributed by atoms with Gasteiger partial charge in [0.05, 0.1) is 17.3 Å². The Morgan fingerprint density at radius 1 is 1.30 bits per heavy atom. The third-order valence-electron chi connectivity index (χ3n) is 2.83. The van der Waals surface area contributed by atoms with Gasteiger partial charge in [0.2, 0.25) is 0 Å². The lowest BCUT2D eigenvalue weighted by molar-refractivity contribution is -0.135. The second-order valence-electron chi connectivity index (χ2n) is 4.21. The Hall–Kier alpha value is -1.60. The summed E-state index contributed by atoms with van der Waals surface area (Å²) in [5.41, 5.74) is 0.652. The van der Waals surface area contributed by atoms with Crippen molar-refractivity contribution in [1.82, 2.24) is 0 Å². The average molecular weight is 301 g/mol. The molecule has 112 valence electrons. The number of benzene rings is 1. The highest BCUT2D eigenvalue weighted by atomic mass is 32.2. The second kappa shape index (κ2) is 7.25. The van der Waals surface area contributed by atoms with Crippen molar-refractivity contribution in [2.45, 2.75) is 11.8 Å². The maximum atomic E-state index is 11.7. The van der Waals surface area contributed by atoms with Gasteiger partial charge in [-0.1, -0.05) is 6.92 Å². The zero-order valence-corrected chi connectivity index (χ0v) is 12.4. The Bertz CT molecular complexity index is 538. The maximum Gasteiger partial charge on any atom is 0.323 e. The summed E-state index contributed by atoms with van der Waals surface area (Å²) in [6, 6.07) is 6.22. The number of nitrogens with zero attached hydrogens (tertiary/aromatic N) is 1. The largest absolute Gasteiger partial charge is 0.480 e. The van der Waals surface area contributed by atoms with E-state index in [1.54, 1.807) is 24.0 Å². The first-order valence-corrected chi connectivity index (χ1v) is 7.84. The van der Waals surface area contributed by atoms with Gasteiger partial charge in [-0.15, -0.1) is 0 Å². The lowest BCUT2D eigenvalue weighted by Gasteiger charge is -2.22. The summed E-state index contributed by atoms with van der Waals surface area (Å²) < 4.78 is 28.3. The average Bonchev–Trinajstić information content (AvgIpc) is 2.43. The highest BCUT2D eigenvalue weighted by molar-refractivity contribution is 7.91. The van der Waals surface area contributed by atoms with Gasteiger partial charge in [-0.2, -0.15) is 0 Å². The van der Waals surface area contributed by atoms with E-state index >= 15 is 0 Å². The van der Waals surface area contributed by atoms with E-state index in [2.05, 4.69) is 0 Å². The zero-order valence-electron chi connectivity index (χ0n) is 11.6. The summed E-state index contributed by atoms with van der Waals surface area (Å²) in [4.78, 5) is 12.7. The third-order valence-corrected chi connectivity index (χ3v) is 4.58. The third kappa shape index (κ3) is 4.50. The van der Waals surface area contributed by atoms with Crippen LogP contribution >= 0.6 is 0 Å². The van der Waals surface area contributed by atoms with Gasteiger partial charge in [0.1, 0.15) is 6.54 Å². The Morgan fingerprint density at radius 3 is 2.35 bits per heavy atom. The molecule has 1 aromatic rings. The van der Waals surface area contributed by atoms with Gasteiger partial charge >= 0.3 is 5.97 Å². The van der Waals surface area contributed by atoms with Crippen LogP contribution in [0.4, 0.5) is 5.69 Å². The predicted molar refractivity (Wildman–Crippen MR) is 75.9 cm³/mol. The van der Waals surface area contributed by atoms with E-state index in [0.29, 0.717) is 18.8 Å². The molecule has 0 spiro atoms. The van der Waals surface area contributed by atoms with Crippen LogP contribution in [0.25, 0.3) is 0 Å². The van der Waals surface area contributed by atoms with Crippen LogP contribution in [0.1, 0.15) is 6.92 Å². The van der Waals surface area contributed by atoms with Crippen molar-refractivity contribution in [2.24, 2.45) is 0 Å².